The van der Waals surface area contributed by atoms with Crippen molar-refractivity contribution in [3.05, 3.63) is 89.2 Å². The van der Waals surface area contributed by atoms with Crippen LogP contribution in [0.1, 0.15) is 34.1 Å². The first-order valence-corrected chi connectivity index (χ1v) is 9.52. The van der Waals surface area contributed by atoms with Gasteiger partial charge in [-0.25, -0.2) is 4.79 Å². The van der Waals surface area contributed by atoms with E-state index >= 15 is 0 Å². The third-order valence-corrected chi connectivity index (χ3v) is 4.83. The number of amides is 1. The molecule has 1 aromatic heterocycles. The van der Waals surface area contributed by atoms with E-state index in [4.69, 9.17) is 4.74 Å². The number of carbonyl (C=O) groups is 2. The lowest BCUT2D eigenvalue weighted by Crippen LogP contribution is -2.39. The summed E-state index contributed by atoms with van der Waals surface area (Å²) in [6.07, 6.45) is 0.551. The first-order chi connectivity index (χ1) is 14.0. The van der Waals surface area contributed by atoms with Gasteiger partial charge in [0.1, 0.15) is 5.56 Å². The van der Waals surface area contributed by atoms with E-state index in [-0.39, 0.29) is 5.91 Å². The van der Waals surface area contributed by atoms with Crippen molar-refractivity contribution in [2.45, 2.75) is 33.0 Å². The molecule has 3 aromatic rings. The van der Waals surface area contributed by atoms with E-state index in [0.717, 1.165) is 11.1 Å². The van der Waals surface area contributed by atoms with Gasteiger partial charge >= 0.3 is 5.97 Å². The molecule has 0 unspecified atom stereocenters. The molecule has 0 fully saturated rings. The molecule has 0 aliphatic rings. The molecule has 3 rings (SSSR count). The molecule has 0 radical (unpaired) electrons. The minimum atomic E-state index is -0.908. The quantitative estimate of drug-likeness (QED) is 0.578. The summed E-state index contributed by atoms with van der Waals surface area (Å²) in [4.78, 5) is 27.3. The minimum Gasteiger partial charge on any atom is -0.449 e. The van der Waals surface area contributed by atoms with Gasteiger partial charge in [0.2, 0.25) is 0 Å². The molecule has 0 aliphatic carbocycles. The fraction of sp³-hybridized carbons (Fsp3) is 0.261. The van der Waals surface area contributed by atoms with Crippen molar-refractivity contribution in [2.24, 2.45) is 7.05 Å². The number of benzene rings is 2. The van der Waals surface area contributed by atoms with Crippen molar-refractivity contribution in [1.29, 1.82) is 0 Å². The zero-order chi connectivity index (χ0) is 20.8. The van der Waals surface area contributed by atoms with Crippen molar-refractivity contribution in [2.75, 3.05) is 0 Å². The van der Waals surface area contributed by atoms with Crippen molar-refractivity contribution >= 4 is 11.9 Å². The Hall–Kier alpha value is -3.41. The number of esters is 1. The number of ether oxygens (including phenoxy) is 1. The maximum Gasteiger partial charge on any atom is 0.342 e. The van der Waals surface area contributed by atoms with Gasteiger partial charge in [0.25, 0.3) is 5.91 Å². The lowest BCUT2D eigenvalue weighted by atomic mass is 10.1. The zero-order valence-corrected chi connectivity index (χ0v) is 16.9. The molecule has 0 saturated carbocycles. The van der Waals surface area contributed by atoms with Gasteiger partial charge in [0, 0.05) is 25.8 Å². The van der Waals surface area contributed by atoms with E-state index in [9.17, 15) is 9.59 Å². The Kier molecular flexibility index (Phi) is 6.44. The topological polar surface area (TPSA) is 64.4 Å². The van der Waals surface area contributed by atoms with Gasteiger partial charge in [-0.15, -0.1) is 0 Å². The SMILES string of the molecule is Cc1c(C(=O)O[C@@H](C)C(=O)N(Cc2ccccc2)Cc2ccccc2)cnn1C. The van der Waals surface area contributed by atoms with Gasteiger partial charge < -0.3 is 9.64 Å². The average Bonchev–Trinajstić information content (AvgIpc) is 3.07. The highest BCUT2D eigenvalue weighted by Gasteiger charge is 2.26. The normalized spacial score (nSPS) is 11.7. The van der Waals surface area contributed by atoms with Crippen LogP contribution in [-0.4, -0.2) is 32.7 Å². The van der Waals surface area contributed by atoms with E-state index in [0.29, 0.717) is 24.3 Å². The molecule has 6 nitrogen and oxygen atoms in total. The summed E-state index contributed by atoms with van der Waals surface area (Å²) in [6.45, 7) is 4.26. The van der Waals surface area contributed by atoms with Gasteiger partial charge in [-0.3, -0.25) is 9.48 Å². The maximum absolute atomic E-state index is 13.1. The molecule has 1 amide bonds. The Morgan fingerprint density at radius 2 is 1.52 bits per heavy atom. The van der Waals surface area contributed by atoms with Crippen LogP contribution in [0, 0.1) is 6.92 Å². The second-order valence-electron chi connectivity index (χ2n) is 6.98. The molecule has 0 bridgehead atoms. The van der Waals surface area contributed by atoms with E-state index in [2.05, 4.69) is 5.10 Å². The zero-order valence-electron chi connectivity index (χ0n) is 16.9. The molecular formula is C23H25N3O3. The van der Waals surface area contributed by atoms with E-state index < -0.39 is 12.1 Å². The second kappa shape index (κ2) is 9.19. The first kappa shape index (κ1) is 20.3. The lowest BCUT2D eigenvalue weighted by Gasteiger charge is -2.26. The highest BCUT2D eigenvalue weighted by molar-refractivity contribution is 5.93. The Morgan fingerprint density at radius 3 is 1.97 bits per heavy atom. The van der Waals surface area contributed by atoms with E-state index in [1.54, 1.807) is 30.5 Å². The predicted octanol–water partition coefficient (Wildman–Crippen LogP) is 3.50. The minimum absolute atomic E-state index is 0.243. The molecule has 0 aliphatic heterocycles. The molecular weight excluding hydrogens is 366 g/mol. The van der Waals surface area contributed by atoms with Gasteiger partial charge in [-0.1, -0.05) is 60.7 Å². The van der Waals surface area contributed by atoms with Crippen LogP contribution in [0.5, 0.6) is 0 Å². The first-order valence-electron chi connectivity index (χ1n) is 9.52. The standard InChI is InChI=1S/C23H25N3O3/c1-17-21(14-24-25(17)3)23(28)29-18(2)22(27)26(15-19-10-6-4-7-11-19)16-20-12-8-5-9-13-20/h4-14,18H,15-16H2,1-3H3/t18-/m0/s1. The van der Waals surface area contributed by atoms with Gasteiger partial charge in [0.15, 0.2) is 6.10 Å². The molecule has 1 atom stereocenters. The summed E-state index contributed by atoms with van der Waals surface area (Å²) >= 11 is 0. The third-order valence-electron chi connectivity index (χ3n) is 4.83. The molecule has 150 valence electrons. The largest absolute Gasteiger partial charge is 0.449 e. The molecule has 2 aromatic carbocycles. The van der Waals surface area contributed by atoms with Crippen LogP contribution in [0.25, 0.3) is 0 Å². The summed E-state index contributed by atoms with van der Waals surface area (Å²) in [5.41, 5.74) is 3.08. The van der Waals surface area contributed by atoms with Crippen LogP contribution in [0.4, 0.5) is 0 Å². The number of aryl methyl sites for hydroxylation is 1. The van der Waals surface area contributed by atoms with E-state index in [1.165, 1.54) is 6.20 Å². The number of aromatic nitrogens is 2. The predicted molar refractivity (Wildman–Crippen MR) is 110 cm³/mol. The fourth-order valence-corrected chi connectivity index (χ4v) is 3.05. The summed E-state index contributed by atoms with van der Waals surface area (Å²) in [5.74, 6) is -0.788. The summed E-state index contributed by atoms with van der Waals surface area (Å²) in [5, 5.41) is 4.06. The number of rotatable bonds is 7. The van der Waals surface area contributed by atoms with Crippen molar-refractivity contribution in [3.63, 3.8) is 0 Å². The third kappa shape index (κ3) is 5.10. The average molecular weight is 391 g/mol. The summed E-state index contributed by atoms with van der Waals surface area (Å²) in [6, 6.07) is 19.5. The molecule has 0 saturated heterocycles. The summed E-state index contributed by atoms with van der Waals surface area (Å²) in [7, 11) is 1.75. The number of nitrogens with zero attached hydrogens (tertiary/aromatic N) is 3. The van der Waals surface area contributed by atoms with Crippen LogP contribution in [0.3, 0.4) is 0 Å². The molecule has 6 heteroatoms. The van der Waals surface area contributed by atoms with Crippen LogP contribution >= 0.6 is 0 Å². The highest BCUT2D eigenvalue weighted by atomic mass is 16.5. The Bertz CT molecular complexity index is 926. The van der Waals surface area contributed by atoms with E-state index in [1.807, 2.05) is 60.7 Å². The highest BCUT2D eigenvalue weighted by Crippen LogP contribution is 2.15. The van der Waals surface area contributed by atoms with Crippen molar-refractivity contribution < 1.29 is 14.3 Å². The van der Waals surface area contributed by atoms with Crippen molar-refractivity contribution in [1.82, 2.24) is 14.7 Å². The molecule has 0 N–H and O–H groups in total. The van der Waals surface area contributed by atoms with Crippen LogP contribution < -0.4 is 0 Å². The summed E-state index contributed by atoms with van der Waals surface area (Å²) < 4.78 is 7.06. The number of hydrogen-bond acceptors (Lipinski definition) is 4. The maximum atomic E-state index is 13.1. The monoisotopic (exact) mass is 391 g/mol. The lowest BCUT2D eigenvalue weighted by molar-refractivity contribution is -0.141. The van der Waals surface area contributed by atoms with Crippen LogP contribution in [0.2, 0.25) is 0 Å². The van der Waals surface area contributed by atoms with Crippen molar-refractivity contribution in [3.8, 4) is 0 Å². The van der Waals surface area contributed by atoms with Gasteiger partial charge in [0.05, 0.1) is 6.20 Å². The Balaban J connectivity index is 1.75. The fourth-order valence-electron chi connectivity index (χ4n) is 3.05. The molecule has 1 heterocycles. The van der Waals surface area contributed by atoms with Crippen LogP contribution in [0.15, 0.2) is 66.9 Å². The Morgan fingerprint density at radius 1 is 1.00 bits per heavy atom. The van der Waals surface area contributed by atoms with Crippen LogP contribution in [-0.2, 0) is 29.7 Å². The Labute approximate surface area is 170 Å². The second-order valence-corrected chi connectivity index (χ2v) is 6.98. The van der Waals surface area contributed by atoms with Gasteiger partial charge in [-0.05, 0) is 25.0 Å². The van der Waals surface area contributed by atoms with Gasteiger partial charge in [-0.2, -0.15) is 5.10 Å². The number of carbonyl (C=O) groups excluding carboxylic acids is 2. The smallest absolute Gasteiger partial charge is 0.342 e. The molecule has 0 spiro atoms. The molecule has 29 heavy (non-hydrogen) atoms. The number of hydrogen-bond donors (Lipinski definition) is 0.